The highest BCUT2D eigenvalue weighted by atomic mass is 32.1. The third kappa shape index (κ3) is 8.67. The minimum absolute atomic E-state index is 0.258. The third-order valence-corrected chi connectivity index (χ3v) is 3.15. The molecule has 1 heterocycles. The minimum atomic E-state index is -4.37. The Hall–Kier alpha value is -2.34. The zero-order valence-corrected chi connectivity index (χ0v) is 15.6. The van der Waals surface area contributed by atoms with E-state index in [9.17, 15) is 13.2 Å². The third-order valence-electron chi connectivity index (χ3n) is 2.68. The number of hydrazone groups is 2. The number of pyridine rings is 1. The van der Waals surface area contributed by atoms with Crippen LogP contribution in [0, 0.1) is 0 Å². The van der Waals surface area contributed by atoms with Gasteiger partial charge in [0.1, 0.15) is 12.3 Å². The van der Waals surface area contributed by atoms with Gasteiger partial charge in [0, 0.05) is 24.5 Å². The van der Waals surface area contributed by atoms with E-state index in [2.05, 4.69) is 31.4 Å². The smallest absolute Gasteiger partial charge is 0.362 e. The van der Waals surface area contributed by atoms with Crippen molar-refractivity contribution in [2.24, 2.45) is 10.2 Å². The highest BCUT2D eigenvalue weighted by Crippen LogP contribution is 2.11. The monoisotopic (exact) mass is 405 g/mol. The lowest BCUT2D eigenvalue weighted by Crippen LogP contribution is -2.39. The van der Waals surface area contributed by atoms with Crippen LogP contribution in [0.15, 0.2) is 34.7 Å². The molecule has 0 amide bonds. The van der Waals surface area contributed by atoms with Crippen LogP contribution in [0.1, 0.15) is 19.4 Å². The molecular weight excluding hydrogens is 387 g/mol. The van der Waals surface area contributed by atoms with Crippen LogP contribution in [0.3, 0.4) is 0 Å². The Morgan fingerprint density at radius 2 is 1.65 bits per heavy atom. The fourth-order valence-electron chi connectivity index (χ4n) is 1.58. The number of nitrogens with one attached hydrogen (secondary N) is 4. The van der Waals surface area contributed by atoms with Crippen LogP contribution in [0.2, 0.25) is 0 Å². The summed E-state index contributed by atoms with van der Waals surface area (Å²) in [7, 11) is 0. The Bertz CT molecular complexity index is 675. The molecule has 4 N–H and O–H groups in total. The van der Waals surface area contributed by atoms with Crippen molar-refractivity contribution in [2.75, 3.05) is 13.1 Å². The predicted octanol–water partition coefficient (Wildman–Crippen LogP) is 1.67. The SMILES string of the molecule is CCNC(=S)NN=C(C(C)=NNC(=S)NCC(F)(F)F)c1ccncc1. The van der Waals surface area contributed by atoms with E-state index in [0.29, 0.717) is 28.6 Å². The van der Waals surface area contributed by atoms with Gasteiger partial charge in [-0.15, -0.1) is 0 Å². The standard InChI is InChI=1S/C14H18F3N7S2/c1-3-19-12(25)24-22-11(10-4-6-18-7-5-10)9(2)21-23-13(26)20-8-14(15,16)17/h4-7H,3,8H2,1-2H3,(H2,19,24,25)(H2,20,23,26). The first-order valence-electron chi connectivity index (χ1n) is 7.40. The summed E-state index contributed by atoms with van der Waals surface area (Å²) >= 11 is 9.81. The molecule has 0 spiro atoms. The molecule has 0 saturated heterocycles. The number of hydrogen-bond donors (Lipinski definition) is 4. The summed E-state index contributed by atoms with van der Waals surface area (Å²) in [5.41, 5.74) is 6.51. The summed E-state index contributed by atoms with van der Waals surface area (Å²) in [6, 6.07) is 3.41. The highest BCUT2D eigenvalue weighted by Gasteiger charge is 2.26. The summed E-state index contributed by atoms with van der Waals surface area (Å²) < 4.78 is 36.5. The van der Waals surface area contributed by atoms with Gasteiger partial charge in [-0.05, 0) is 50.4 Å². The average Bonchev–Trinajstić information content (AvgIpc) is 2.59. The van der Waals surface area contributed by atoms with Crippen molar-refractivity contribution in [2.45, 2.75) is 20.0 Å². The molecule has 142 valence electrons. The highest BCUT2D eigenvalue weighted by molar-refractivity contribution is 7.80. The van der Waals surface area contributed by atoms with Crippen LogP contribution >= 0.6 is 24.4 Å². The molecular formula is C14H18F3N7S2. The van der Waals surface area contributed by atoms with Crippen LogP contribution in [0.4, 0.5) is 13.2 Å². The fraction of sp³-hybridized carbons (Fsp3) is 0.357. The quantitative estimate of drug-likeness (QED) is 0.325. The van der Waals surface area contributed by atoms with Crippen molar-refractivity contribution < 1.29 is 13.2 Å². The second kappa shape index (κ2) is 10.6. The molecule has 0 unspecified atom stereocenters. The van der Waals surface area contributed by atoms with Crippen LogP contribution < -0.4 is 21.5 Å². The summed E-state index contributed by atoms with van der Waals surface area (Å²) in [6.45, 7) is 2.88. The molecule has 0 aliphatic rings. The molecule has 26 heavy (non-hydrogen) atoms. The van der Waals surface area contributed by atoms with E-state index in [4.69, 9.17) is 24.4 Å². The molecule has 0 fully saturated rings. The number of alkyl halides is 3. The van der Waals surface area contributed by atoms with Crippen molar-refractivity contribution in [3.63, 3.8) is 0 Å². The van der Waals surface area contributed by atoms with Gasteiger partial charge in [-0.2, -0.15) is 23.4 Å². The molecule has 12 heteroatoms. The van der Waals surface area contributed by atoms with Gasteiger partial charge < -0.3 is 10.6 Å². The van der Waals surface area contributed by atoms with Crippen molar-refractivity contribution in [1.29, 1.82) is 0 Å². The van der Waals surface area contributed by atoms with Crippen molar-refractivity contribution in [3.8, 4) is 0 Å². The van der Waals surface area contributed by atoms with Crippen molar-refractivity contribution in [3.05, 3.63) is 30.1 Å². The first-order valence-corrected chi connectivity index (χ1v) is 8.21. The Labute approximate surface area is 159 Å². The van der Waals surface area contributed by atoms with Gasteiger partial charge in [-0.25, -0.2) is 0 Å². The Morgan fingerprint density at radius 3 is 2.23 bits per heavy atom. The van der Waals surface area contributed by atoms with Gasteiger partial charge in [0.2, 0.25) is 0 Å². The van der Waals surface area contributed by atoms with Crippen LogP contribution in [0.25, 0.3) is 0 Å². The molecule has 0 bridgehead atoms. The molecule has 0 radical (unpaired) electrons. The van der Waals surface area contributed by atoms with Gasteiger partial charge in [0.25, 0.3) is 0 Å². The maximum atomic E-state index is 12.2. The lowest BCUT2D eigenvalue weighted by molar-refractivity contribution is -0.122. The summed E-state index contributed by atoms with van der Waals surface area (Å²) in [5.74, 6) is 0. The van der Waals surface area contributed by atoms with E-state index in [0.717, 1.165) is 0 Å². The number of thiocarbonyl (C=S) groups is 2. The second-order valence-corrected chi connectivity index (χ2v) is 5.59. The van der Waals surface area contributed by atoms with E-state index < -0.39 is 12.7 Å². The van der Waals surface area contributed by atoms with E-state index in [1.54, 1.807) is 31.5 Å². The van der Waals surface area contributed by atoms with Gasteiger partial charge >= 0.3 is 6.18 Å². The first-order chi connectivity index (χ1) is 12.2. The number of halogens is 3. The summed E-state index contributed by atoms with van der Waals surface area (Å²) in [6.07, 6.45) is -1.23. The maximum absolute atomic E-state index is 12.2. The molecule has 0 saturated carbocycles. The van der Waals surface area contributed by atoms with E-state index in [-0.39, 0.29) is 5.11 Å². The number of rotatable bonds is 6. The topological polar surface area (TPSA) is 85.7 Å². The maximum Gasteiger partial charge on any atom is 0.405 e. The number of aromatic nitrogens is 1. The van der Waals surface area contributed by atoms with Gasteiger partial charge in [-0.3, -0.25) is 15.8 Å². The second-order valence-electron chi connectivity index (χ2n) is 4.77. The van der Waals surface area contributed by atoms with Gasteiger partial charge in [-0.1, -0.05) is 0 Å². The molecule has 7 nitrogen and oxygen atoms in total. The lowest BCUT2D eigenvalue weighted by Gasteiger charge is -2.11. The molecule has 0 aromatic carbocycles. The largest absolute Gasteiger partial charge is 0.405 e. The molecule has 1 rings (SSSR count). The van der Waals surface area contributed by atoms with Crippen LogP contribution in [-0.4, -0.2) is 45.9 Å². The minimum Gasteiger partial charge on any atom is -0.362 e. The Balaban J connectivity index is 2.87. The zero-order valence-electron chi connectivity index (χ0n) is 14.0. The Morgan fingerprint density at radius 1 is 1.08 bits per heavy atom. The van der Waals surface area contributed by atoms with E-state index in [1.165, 1.54) is 0 Å². The Kier molecular flexibility index (Phi) is 8.85. The molecule has 0 aliphatic carbocycles. The van der Waals surface area contributed by atoms with Crippen molar-refractivity contribution >= 4 is 46.1 Å². The lowest BCUT2D eigenvalue weighted by atomic mass is 10.1. The normalized spacial score (nSPS) is 12.3. The van der Waals surface area contributed by atoms with Crippen LogP contribution in [-0.2, 0) is 0 Å². The zero-order chi connectivity index (χ0) is 19.6. The molecule has 1 aromatic heterocycles. The molecule has 0 atom stereocenters. The van der Waals surface area contributed by atoms with E-state index in [1.807, 2.05) is 12.2 Å². The molecule has 0 aliphatic heterocycles. The summed E-state index contributed by atoms with van der Waals surface area (Å²) in [5, 5.41) is 13.1. The van der Waals surface area contributed by atoms with Gasteiger partial charge in [0.05, 0.1) is 5.71 Å². The van der Waals surface area contributed by atoms with Crippen LogP contribution in [0.5, 0.6) is 0 Å². The fourth-order valence-corrected chi connectivity index (χ4v) is 1.89. The number of hydrogen-bond acceptors (Lipinski definition) is 5. The first kappa shape index (κ1) is 21.7. The average molecular weight is 405 g/mol. The van der Waals surface area contributed by atoms with Gasteiger partial charge in [0.15, 0.2) is 10.2 Å². The van der Waals surface area contributed by atoms with E-state index >= 15 is 0 Å². The van der Waals surface area contributed by atoms with Crippen molar-refractivity contribution in [1.82, 2.24) is 26.5 Å². The summed E-state index contributed by atoms with van der Waals surface area (Å²) in [4.78, 5) is 3.93. The molecule has 1 aromatic rings. The predicted molar refractivity (Wildman–Crippen MR) is 103 cm³/mol. The number of nitrogens with zero attached hydrogens (tertiary/aromatic N) is 3.